The minimum absolute atomic E-state index is 0.0677. The van der Waals surface area contributed by atoms with Crippen LogP contribution in [0.5, 0.6) is 11.5 Å². The highest BCUT2D eigenvalue weighted by molar-refractivity contribution is 5.99. The first kappa shape index (κ1) is 10.7. The number of fused-ring (bicyclic) bond motifs is 1. The molecular formula is C12H11FO3. The van der Waals surface area contributed by atoms with Crippen molar-refractivity contribution < 1.29 is 18.7 Å². The highest BCUT2D eigenvalue weighted by Crippen LogP contribution is 2.32. The number of rotatable bonds is 2. The van der Waals surface area contributed by atoms with Crippen LogP contribution in [0.3, 0.4) is 0 Å². The largest absolute Gasteiger partial charge is 0.494 e. The summed E-state index contributed by atoms with van der Waals surface area (Å²) < 4.78 is 23.6. The number of carbonyl (C=O) groups excluding carboxylic acids is 1. The third kappa shape index (κ3) is 1.78. The van der Waals surface area contributed by atoms with E-state index < -0.39 is 5.82 Å². The van der Waals surface area contributed by atoms with E-state index in [1.54, 1.807) is 6.08 Å². The maximum absolute atomic E-state index is 13.4. The molecule has 0 bridgehead atoms. The number of halogens is 1. The predicted molar refractivity (Wildman–Crippen MR) is 57.1 cm³/mol. The van der Waals surface area contributed by atoms with E-state index >= 15 is 0 Å². The van der Waals surface area contributed by atoms with Crippen molar-refractivity contribution in [1.82, 2.24) is 0 Å². The molecule has 4 heteroatoms. The van der Waals surface area contributed by atoms with Gasteiger partial charge in [0.05, 0.1) is 7.11 Å². The van der Waals surface area contributed by atoms with Crippen LogP contribution in [0.2, 0.25) is 0 Å². The van der Waals surface area contributed by atoms with E-state index in [9.17, 15) is 9.18 Å². The maximum atomic E-state index is 13.4. The Morgan fingerprint density at radius 2 is 2.25 bits per heavy atom. The maximum Gasteiger partial charge on any atom is 0.165 e. The van der Waals surface area contributed by atoms with Gasteiger partial charge in [0, 0.05) is 17.2 Å². The molecule has 0 saturated heterocycles. The fourth-order valence-electron chi connectivity index (χ4n) is 1.53. The summed E-state index contributed by atoms with van der Waals surface area (Å²) >= 11 is 0. The first-order chi connectivity index (χ1) is 7.61. The Kier molecular flexibility index (Phi) is 2.64. The number of methoxy groups -OCH3 is 1. The van der Waals surface area contributed by atoms with E-state index in [1.165, 1.54) is 26.2 Å². The zero-order valence-electron chi connectivity index (χ0n) is 9.04. The van der Waals surface area contributed by atoms with Crippen molar-refractivity contribution in [2.24, 2.45) is 0 Å². The first-order valence-electron chi connectivity index (χ1n) is 4.83. The smallest absolute Gasteiger partial charge is 0.165 e. The summed E-state index contributed by atoms with van der Waals surface area (Å²) in [4.78, 5) is 11.1. The molecule has 3 nitrogen and oxygen atoms in total. The van der Waals surface area contributed by atoms with Gasteiger partial charge in [-0.05, 0) is 19.1 Å². The van der Waals surface area contributed by atoms with Gasteiger partial charge in [-0.25, -0.2) is 4.39 Å². The normalized spacial score (nSPS) is 13.6. The Morgan fingerprint density at radius 1 is 1.50 bits per heavy atom. The van der Waals surface area contributed by atoms with Crippen molar-refractivity contribution in [1.29, 1.82) is 0 Å². The van der Waals surface area contributed by atoms with Crippen LogP contribution in [0.15, 0.2) is 17.7 Å². The number of carbonyl (C=O) groups is 1. The van der Waals surface area contributed by atoms with Gasteiger partial charge in [-0.3, -0.25) is 4.79 Å². The van der Waals surface area contributed by atoms with Gasteiger partial charge in [-0.2, -0.15) is 0 Å². The molecule has 0 saturated carbocycles. The molecule has 2 rings (SSSR count). The second kappa shape index (κ2) is 3.96. The van der Waals surface area contributed by atoms with Crippen molar-refractivity contribution in [2.75, 3.05) is 13.7 Å². The molecule has 1 aliphatic rings. The van der Waals surface area contributed by atoms with Crippen LogP contribution in [0, 0.1) is 5.82 Å². The highest BCUT2D eigenvalue weighted by Gasteiger charge is 2.17. The lowest BCUT2D eigenvalue weighted by Gasteiger charge is -2.17. The van der Waals surface area contributed by atoms with Gasteiger partial charge < -0.3 is 9.47 Å². The summed E-state index contributed by atoms with van der Waals surface area (Å²) in [6.45, 7) is 1.68. The van der Waals surface area contributed by atoms with Crippen molar-refractivity contribution in [2.45, 2.75) is 6.92 Å². The highest BCUT2D eigenvalue weighted by atomic mass is 19.1. The number of ether oxygens (including phenoxy) is 2. The average Bonchev–Trinajstić information content (AvgIpc) is 2.27. The fourth-order valence-corrected chi connectivity index (χ4v) is 1.53. The summed E-state index contributed by atoms with van der Waals surface area (Å²) in [5, 5.41) is 0. The molecule has 0 N–H and O–H groups in total. The van der Waals surface area contributed by atoms with Crippen LogP contribution in [0.25, 0.3) is 6.08 Å². The Balaban J connectivity index is 2.48. The lowest BCUT2D eigenvalue weighted by atomic mass is 10.0. The zero-order valence-corrected chi connectivity index (χ0v) is 9.04. The van der Waals surface area contributed by atoms with E-state index in [0.29, 0.717) is 16.9 Å². The quantitative estimate of drug-likeness (QED) is 0.769. The molecule has 16 heavy (non-hydrogen) atoms. The van der Waals surface area contributed by atoms with Gasteiger partial charge in [0.25, 0.3) is 0 Å². The van der Waals surface area contributed by atoms with Crippen molar-refractivity contribution in [3.63, 3.8) is 0 Å². The number of hydrogen-bond donors (Lipinski definition) is 0. The van der Waals surface area contributed by atoms with Crippen LogP contribution in [0.4, 0.5) is 4.39 Å². The van der Waals surface area contributed by atoms with E-state index in [-0.39, 0.29) is 18.1 Å². The lowest BCUT2D eigenvalue weighted by molar-refractivity contribution is -0.113. The van der Waals surface area contributed by atoms with Crippen molar-refractivity contribution in [3.8, 4) is 11.5 Å². The molecule has 0 spiro atoms. The van der Waals surface area contributed by atoms with E-state index in [2.05, 4.69) is 0 Å². The molecule has 0 radical (unpaired) electrons. The van der Waals surface area contributed by atoms with Crippen LogP contribution in [-0.4, -0.2) is 19.5 Å². The molecule has 84 valence electrons. The molecule has 0 unspecified atom stereocenters. The average molecular weight is 222 g/mol. The molecule has 0 amide bonds. The van der Waals surface area contributed by atoms with E-state index in [4.69, 9.17) is 9.47 Å². The minimum atomic E-state index is -0.467. The molecule has 1 aliphatic heterocycles. The predicted octanol–water partition coefficient (Wildman–Crippen LogP) is 2.20. The lowest BCUT2D eigenvalue weighted by Crippen LogP contribution is -2.12. The van der Waals surface area contributed by atoms with Crippen LogP contribution < -0.4 is 9.47 Å². The topological polar surface area (TPSA) is 35.5 Å². The third-order valence-corrected chi connectivity index (χ3v) is 2.45. The number of ketones is 1. The van der Waals surface area contributed by atoms with Gasteiger partial charge >= 0.3 is 0 Å². The molecule has 1 aromatic rings. The van der Waals surface area contributed by atoms with Gasteiger partial charge in [-0.15, -0.1) is 0 Å². The Hall–Kier alpha value is -1.84. The van der Waals surface area contributed by atoms with Crippen molar-refractivity contribution in [3.05, 3.63) is 29.1 Å². The molecule has 0 fully saturated rings. The SMILES string of the molecule is COc1cc2c(cc1F)C=C(C(C)=O)CO2. The zero-order chi connectivity index (χ0) is 11.7. The fraction of sp³-hybridized carbons (Fsp3) is 0.250. The molecule has 1 aromatic carbocycles. The number of benzene rings is 1. The molecule has 1 heterocycles. The molecular weight excluding hydrogens is 211 g/mol. The van der Waals surface area contributed by atoms with Gasteiger partial charge in [0.15, 0.2) is 17.3 Å². The molecule has 0 atom stereocenters. The molecule has 0 aliphatic carbocycles. The van der Waals surface area contributed by atoms with Crippen LogP contribution in [-0.2, 0) is 4.79 Å². The summed E-state index contributed by atoms with van der Waals surface area (Å²) in [6, 6.07) is 2.79. The van der Waals surface area contributed by atoms with E-state index in [0.717, 1.165) is 0 Å². The minimum Gasteiger partial charge on any atom is -0.494 e. The second-order valence-corrected chi connectivity index (χ2v) is 3.54. The van der Waals surface area contributed by atoms with Gasteiger partial charge in [0.1, 0.15) is 12.4 Å². The summed E-state index contributed by atoms with van der Waals surface area (Å²) in [5.74, 6) is 0.134. The summed E-state index contributed by atoms with van der Waals surface area (Å²) in [5.41, 5.74) is 1.10. The van der Waals surface area contributed by atoms with Crippen LogP contribution in [0.1, 0.15) is 12.5 Å². The van der Waals surface area contributed by atoms with E-state index in [1.807, 2.05) is 0 Å². The monoisotopic (exact) mass is 222 g/mol. The molecule has 0 aromatic heterocycles. The number of Topliss-reactive ketones (excluding diaryl/α,β-unsaturated/α-hetero) is 1. The first-order valence-corrected chi connectivity index (χ1v) is 4.83. The van der Waals surface area contributed by atoms with Gasteiger partial charge in [-0.1, -0.05) is 0 Å². The van der Waals surface area contributed by atoms with Crippen molar-refractivity contribution >= 4 is 11.9 Å². The van der Waals surface area contributed by atoms with Crippen LogP contribution >= 0.6 is 0 Å². The second-order valence-electron chi connectivity index (χ2n) is 3.54. The number of hydrogen-bond acceptors (Lipinski definition) is 3. The standard InChI is InChI=1S/C12H11FO3/c1-7(14)9-3-8-4-10(13)12(15-2)5-11(8)16-6-9/h3-5H,6H2,1-2H3. The summed E-state index contributed by atoms with van der Waals surface area (Å²) in [6.07, 6.45) is 1.64. The third-order valence-electron chi connectivity index (χ3n) is 2.45. The summed E-state index contributed by atoms with van der Waals surface area (Å²) in [7, 11) is 1.39. The Labute approximate surface area is 92.5 Å². The Bertz CT molecular complexity index is 477. The Morgan fingerprint density at radius 3 is 2.88 bits per heavy atom. The van der Waals surface area contributed by atoms with Gasteiger partial charge in [0.2, 0.25) is 0 Å².